The van der Waals surface area contributed by atoms with Gasteiger partial charge in [0.15, 0.2) is 0 Å². The molecule has 2 atom stereocenters. The SMILES string of the molecule is O=C(O)[C@@H]1CC=CC[C@H]1C(=O)ON=C1CCCC1. The van der Waals surface area contributed by atoms with Gasteiger partial charge in [-0.25, -0.2) is 4.79 Å². The van der Waals surface area contributed by atoms with Gasteiger partial charge in [-0.2, -0.15) is 0 Å². The molecule has 0 heterocycles. The molecule has 0 amide bonds. The Labute approximate surface area is 105 Å². The normalized spacial score (nSPS) is 27.0. The van der Waals surface area contributed by atoms with Gasteiger partial charge in [0, 0.05) is 0 Å². The zero-order valence-corrected chi connectivity index (χ0v) is 10.2. The molecule has 0 aromatic carbocycles. The Kier molecular flexibility index (Phi) is 4.12. The third-order valence-electron chi connectivity index (χ3n) is 3.50. The molecule has 0 spiro atoms. The molecular formula is C13H17NO4. The first-order chi connectivity index (χ1) is 8.68. The van der Waals surface area contributed by atoms with Gasteiger partial charge in [0.1, 0.15) is 0 Å². The lowest BCUT2D eigenvalue weighted by Gasteiger charge is -2.21. The average molecular weight is 251 g/mol. The second-order valence-corrected chi connectivity index (χ2v) is 4.77. The Morgan fingerprint density at radius 3 is 2.39 bits per heavy atom. The van der Waals surface area contributed by atoms with Crippen LogP contribution in [0.3, 0.4) is 0 Å². The number of carbonyl (C=O) groups is 2. The first kappa shape index (κ1) is 12.8. The summed E-state index contributed by atoms with van der Waals surface area (Å²) in [5.41, 5.74) is 0.904. The van der Waals surface area contributed by atoms with Crippen LogP contribution in [0.25, 0.3) is 0 Å². The minimum absolute atomic E-state index is 0.381. The highest BCUT2D eigenvalue weighted by molar-refractivity contribution is 5.87. The van der Waals surface area contributed by atoms with Crippen LogP contribution in [0.2, 0.25) is 0 Å². The summed E-state index contributed by atoms with van der Waals surface area (Å²) in [5, 5.41) is 12.9. The van der Waals surface area contributed by atoms with E-state index in [0.29, 0.717) is 12.8 Å². The van der Waals surface area contributed by atoms with E-state index < -0.39 is 23.8 Å². The van der Waals surface area contributed by atoms with Gasteiger partial charge >= 0.3 is 11.9 Å². The van der Waals surface area contributed by atoms with Crippen LogP contribution in [0.15, 0.2) is 17.3 Å². The van der Waals surface area contributed by atoms with Crippen molar-refractivity contribution < 1.29 is 19.5 Å². The number of carbonyl (C=O) groups excluding carboxylic acids is 1. The highest BCUT2D eigenvalue weighted by Gasteiger charge is 2.35. The molecule has 5 heteroatoms. The summed E-state index contributed by atoms with van der Waals surface area (Å²) in [6.07, 6.45) is 8.34. The van der Waals surface area contributed by atoms with Gasteiger partial charge in [0.05, 0.1) is 17.5 Å². The molecular weight excluding hydrogens is 234 g/mol. The minimum atomic E-state index is -0.949. The van der Waals surface area contributed by atoms with Crippen LogP contribution in [-0.4, -0.2) is 22.8 Å². The van der Waals surface area contributed by atoms with Crippen molar-refractivity contribution in [2.45, 2.75) is 38.5 Å². The van der Waals surface area contributed by atoms with E-state index in [2.05, 4.69) is 5.16 Å². The van der Waals surface area contributed by atoms with E-state index >= 15 is 0 Å². The van der Waals surface area contributed by atoms with E-state index in [1.54, 1.807) is 6.08 Å². The summed E-state index contributed by atoms with van der Waals surface area (Å²) in [7, 11) is 0. The number of nitrogens with zero attached hydrogens (tertiary/aromatic N) is 1. The van der Waals surface area contributed by atoms with Crippen molar-refractivity contribution >= 4 is 17.7 Å². The van der Waals surface area contributed by atoms with Gasteiger partial charge in [-0.1, -0.05) is 17.3 Å². The first-order valence-electron chi connectivity index (χ1n) is 6.33. The second-order valence-electron chi connectivity index (χ2n) is 4.77. The predicted octanol–water partition coefficient (Wildman–Crippen LogP) is 2.13. The Morgan fingerprint density at radius 2 is 1.78 bits per heavy atom. The second kappa shape index (κ2) is 5.80. The molecule has 2 aliphatic rings. The molecule has 0 aliphatic heterocycles. The van der Waals surface area contributed by atoms with Crippen molar-refractivity contribution in [3.8, 4) is 0 Å². The topological polar surface area (TPSA) is 76.0 Å². The molecule has 0 aromatic heterocycles. The third kappa shape index (κ3) is 2.97. The van der Waals surface area contributed by atoms with Crippen LogP contribution in [0.5, 0.6) is 0 Å². The Bertz CT molecular complexity index is 392. The molecule has 5 nitrogen and oxygen atoms in total. The van der Waals surface area contributed by atoms with Crippen molar-refractivity contribution in [2.75, 3.05) is 0 Å². The maximum Gasteiger partial charge on any atom is 0.339 e. The molecule has 2 aliphatic carbocycles. The van der Waals surface area contributed by atoms with Crippen LogP contribution < -0.4 is 0 Å². The quantitative estimate of drug-likeness (QED) is 0.473. The zero-order valence-electron chi connectivity index (χ0n) is 10.2. The fourth-order valence-electron chi connectivity index (χ4n) is 2.40. The molecule has 1 fully saturated rings. The average Bonchev–Trinajstić information content (AvgIpc) is 2.89. The molecule has 0 saturated heterocycles. The lowest BCUT2D eigenvalue weighted by atomic mass is 9.83. The maximum absolute atomic E-state index is 11.8. The Balaban J connectivity index is 1.96. The van der Waals surface area contributed by atoms with Gasteiger partial charge in [-0.05, 0) is 38.5 Å². The maximum atomic E-state index is 11.8. The highest BCUT2D eigenvalue weighted by atomic mass is 16.7. The molecule has 1 saturated carbocycles. The third-order valence-corrected chi connectivity index (χ3v) is 3.50. The van der Waals surface area contributed by atoms with E-state index in [-0.39, 0.29) is 0 Å². The van der Waals surface area contributed by atoms with E-state index in [9.17, 15) is 9.59 Å². The van der Waals surface area contributed by atoms with Crippen molar-refractivity contribution in [3.63, 3.8) is 0 Å². The summed E-state index contributed by atoms with van der Waals surface area (Å²) < 4.78 is 0. The van der Waals surface area contributed by atoms with Crippen molar-refractivity contribution in [3.05, 3.63) is 12.2 Å². The van der Waals surface area contributed by atoms with Crippen LogP contribution in [-0.2, 0) is 14.4 Å². The number of carboxylic acids is 1. The molecule has 2 rings (SSSR count). The van der Waals surface area contributed by atoms with Gasteiger partial charge in [-0.3, -0.25) is 4.79 Å². The molecule has 18 heavy (non-hydrogen) atoms. The number of aliphatic carboxylic acids is 1. The molecule has 0 unspecified atom stereocenters. The summed E-state index contributed by atoms with van der Waals surface area (Å²) in [5.74, 6) is -2.77. The molecule has 0 bridgehead atoms. The number of carboxylic acid groups (broad SMARTS) is 1. The fraction of sp³-hybridized carbons (Fsp3) is 0.615. The van der Waals surface area contributed by atoms with Gasteiger partial charge in [0.2, 0.25) is 0 Å². The van der Waals surface area contributed by atoms with Crippen LogP contribution in [0, 0.1) is 11.8 Å². The van der Waals surface area contributed by atoms with Gasteiger partial charge in [-0.15, -0.1) is 0 Å². The number of hydrogen-bond acceptors (Lipinski definition) is 4. The number of oxime groups is 1. The number of rotatable bonds is 3. The standard InChI is InChI=1S/C13H17NO4/c15-12(16)10-7-3-4-8-11(10)13(17)18-14-9-5-1-2-6-9/h3-4,10-11H,1-2,5-8H2,(H,15,16)/t10-,11-/m1/s1. The summed E-state index contributed by atoms with van der Waals surface area (Å²) in [6, 6.07) is 0. The summed E-state index contributed by atoms with van der Waals surface area (Å²) in [4.78, 5) is 27.8. The van der Waals surface area contributed by atoms with Crippen molar-refractivity contribution in [1.82, 2.24) is 0 Å². The lowest BCUT2D eigenvalue weighted by Crippen LogP contribution is -2.31. The van der Waals surface area contributed by atoms with Gasteiger partial charge in [0.25, 0.3) is 0 Å². The van der Waals surface area contributed by atoms with Gasteiger partial charge < -0.3 is 9.94 Å². The smallest absolute Gasteiger partial charge is 0.339 e. The number of hydrogen-bond donors (Lipinski definition) is 1. The van der Waals surface area contributed by atoms with Crippen molar-refractivity contribution in [2.24, 2.45) is 17.0 Å². The lowest BCUT2D eigenvalue weighted by molar-refractivity contribution is -0.157. The van der Waals surface area contributed by atoms with Crippen LogP contribution >= 0.6 is 0 Å². The van der Waals surface area contributed by atoms with E-state index in [4.69, 9.17) is 9.94 Å². The first-order valence-corrected chi connectivity index (χ1v) is 6.33. The molecule has 0 radical (unpaired) electrons. The predicted molar refractivity (Wildman–Crippen MR) is 65.0 cm³/mol. The van der Waals surface area contributed by atoms with E-state index in [1.165, 1.54) is 0 Å². The summed E-state index contributed by atoms with van der Waals surface area (Å²) >= 11 is 0. The Morgan fingerprint density at radius 1 is 1.17 bits per heavy atom. The van der Waals surface area contributed by atoms with E-state index in [0.717, 1.165) is 31.4 Å². The molecule has 1 N–H and O–H groups in total. The van der Waals surface area contributed by atoms with Crippen LogP contribution in [0.4, 0.5) is 0 Å². The fourth-order valence-corrected chi connectivity index (χ4v) is 2.40. The summed E-state index contributed by atoms with van der Waals surface area (Å²) in [6.45, 7) is 0. The molecule has 0 aromatic rings. The highest BCUT2D eigenvalue weighted by Crippen LogP contribution is 2.27. The van der Waals surface area contributed by atoms with E-state index in [1.807, 2.05) is 6.08 Å². The zero-order chi connectivity index (χ0) is 13.0. The molecule has 98 valence electrons. The van der Waals surface area contributed by atoms with Crippen molar-refractivity contribution in [1.29, 1.82) is 0 Å². The Hall–Kier alpha value is -1.65. The van der Waals surface area contributed by atoms with Crippen LogP contribution in [0.1, 0.15) is 38.5 Å². The largest absolute Gasteiger partial charge is 0.481 e. The number of allylic oxidation sites excluding steroid dienone is 2. The minimum Gasteiger partial charge on any atom is -0.481 e. The monoisotopic (exact) mass is 251 g/mol.